The summed E-state index contributed by atoms with van der Waals surface area (Å²) in [5, 5.41) is 11.0. The number of aromatic amines is 1. The number of halogens is 1. The van der Waals surface area contributed by atoms with E-state index in [2.05, 4.69) is 16.0 Å². The lowest BCUT2D eigenvalue weighted by atomic mass is 10.0. The number of nitrogens with one attached hydrogen (secondary N) is 1. The van der Waals surface area contributed by atoms with Gasteiger partial charge in [-0.1, -0.05) is 11.6 Å². The number of pyridine rings is 1. The number of nitriles is 1. The zero-order valence-electron chi connectivity index (χ0n) is 11.8. The molecule has 0 fully saturated rings. The van der Waals surface area contributed by atoms with Gasteiger partial charge in [-0.05, 0) is 30.3 Å². The summed E-state index contributed by atoms with van der Waals surface area (Å²) in [5.74, 6) is 0.741. The number of ether oxygens (including phenoxy) is 1. The predicted molar refractivity (Wildman–Crippen MR) is 87.6 cm³/mol. The fourth-order valence-corrected chi connectivity index (χ4v) is 2.43. The van der Waals surface area contributed by atoms with Crippen molar-refractivity contribution in [2.45, 2.75) is 0 Å². The third kappa shape index (κ3) is 2.54. The van der Waals surface area contributed by atoms with Crippen LogP contribution in [0.1, 0.15) is 11.1 Å². The van der Waals surface area contributed by atoms with Gasteiger partial charge >= 0.3 is 0 Å². The van der Waals surface area contributed by atoms with Crippen molar-refractivity contribution in [1.82, 2.24) is 9.97 Å². The molecule has 2 heterocycles. The zero-order valence-corrected chi connectivity index (χ0v) is 12.6. The first-order valence-corrected chi connectivity index (χ1v) is 6.97. The second kappa shape index (κ2) is 5.92. The van der Waals surface area contributed by atoms with E-state index >= 15 is 0 Å². The summed E-state index contributed by atoms with van der Waals surface area (Å²) in [7, 11) is 1.62. The number of rotatable bonds is 3. The second-order valence-electron chi connectivity index (χ2n) is 4.68. The van der Waals surface area contributed by atoms with Gasteiger partial charge in [-0.3, -0.25) is 4.98 Å². The molecule has 0 radical (unpaired) electrons. The molecule has 0 spiro atoms. The number of methoxy groups -OCH3 is 1. The maximum Gasteiger partial charge on any atom is 0.119 e. The van der Waals surface area contributed by atoms with E-state index in [-0.39, 0.29) is 0 Å². The normalized spacial score (nSPS) is 11.4. The monoisotopic (exact) mass is 309 g/mol. The molecule has 0 unspecified atom stereocenters. The highest BCUT2D eigenvalue weighted by Gasteiger charge is 2.10. The van der Waals surface area contributed by atoms with Crippen LogP contribution in [0.25, 0.3) is 22.6 Å². The Bertz CT molecular complexity index is 906. The minimum Gasteiger partial charge on any atom is -0.497 e. The topological polar surface area (TPSA) is 61.7 Å². The zero-order chi connectivity index (χ0) is 15.5. The van der Waals surface area contributed by atoms with E-state index in [1.165, 1.54) is 0 Å². The lowest BCUT2D eigenvalue weighted by Crippen LogP contribution is -1.84. The van der Waals surface area contributed by atoms with Gasteiger partial charge in [-0.2, -0.15) is 5.26 Å². The Hall–Kier alpha value is -2.77. The molecule has 22 heavy (non-hydrogen) atoms. The molecule has 0 aliphatic rings. The van der Waals surface area contributed by atoms with Crippen molar-refractivity contribution in [2.24, 2.45) is 0 Å². The molecule has 108 valence electrons. The Balaban J connectivity index is 2.16. The van der Waals surface area contributed by atoms with Crippen molar-refractivity contribution >= 4 is 34.2 Å². The number of benzene rings is 1. The summed E-state index contributed by atoms with van der Waals surface area (Å²) in [6, 6.07) is 9.61. The van der Waals surface area contributed by atoms with Crippen molar-refractivity contribution in [2.75, 3.05) is 7.11 Å². The van der Waals surface area contributed by atoms with Crippen LogP contribution in [0.3, 0.4) is 0 Å². The first kappa shape index (κ1) is 14.2. The lowest BCUT2D eigenvalue weighted by Gasteiger charge is -2.02. The standard InChI is InChI=1S/C17H12ClN3O/c1-22-13-2-3-17-14(7-13)15(10-21-17)11(8-19)6-12-9-20-5-4-16(12)18/h2-7,9-10,21H,1H3. The molecule has 5 heteroatoms. The van der Waals surface area contributed by atoms with Gasteiger partial charge in [0, 0.05) is 40.6 Å². The third-order valence-corrected chi connectivity index (χ3v) is 3.74. The van der Waals surface area contributed by atoms with Crippen LogP contribution in [0.2, 0.25) is 5.02 Å². The van der Waals surface area contributed by atoms with E-state index in [0.717, 1.165) is 22.2 Å². The van der Waals surface area contributed by atoms with Crippen LogP contribution in [0.5, 0.6) is 5.75 Å². The number of aromatic nitrogens is 2. The number of allylic oxidation sites excluding steroid dienone is 1. The Morgan fingerprint density at radius 3 is 3.00 bits per heavy atom. The largest absolute Gasteiger partial charge is 0.497 e. The van der Waals surface area contributed by atoms with Gasteiger partial charge < -0.3 is 9.72 Å². The maximum atomic E-state index is 9.51. The summed E-state index contributed by atoms with van der Waals surface area (Å²) < 4.78 is 5.25. The van der Waals surface area contributed by atoms with Crippen molar-refractivity contribution in [1.29, 1.82) is 5.26 Å². The van der Waals surface area contributed by atoms with Crippen molar-refractivity contribution in [3.8, 4) is 11.8 Å². The Labute approximate surface area is 132 Å². The van der Waals surface area contributed by atoms with Gasteiger partial charge in [-0.15, -0.1) is 0 Å². The SMILES string of the molecule is COc1ccc2[nH]cc(C(C#N)=Cc3cnccc3Cl)c2c1. The van der Waals surface area contributed by atoms with Crippen LogP contribution in [0, 0.1) is 11.3 Å². The molecule has 3 rings (SSSR count). The summed E-state index contributed by atoms with van der Waals surface area (Å²) >= 11 is 6.13. The molecule has 0 aliphatic heterocycles. The van der Waals surface area contributed by atoms with Gasteiger partial charge in [0.25, 0.3) is 0 Å². The van der Waals surface area contributed by atoms with Crippen LogP contribution in [-0.2, 0) is 0 Å². The van der Waals surface area contributed by atoms with E-state index in [1.807, 2.05) is 24.4 Å². The number of hydrogen-bond acceptors (Lipinski definition) is 3. The summed E-state index contributed by atoms with van der Waals surface area (Å²) in [4.78, 5) is 7.20. The van der Waals surface area contributed by atoms with E-state index in [1.54, 1.807) is 31.6 Å². The molecule has 0 bridgehead atoms. The molecule has 4 nitrogen and oxygen atoms in total. The van der Waals surface area contributed by atoms with Crippen LogP contribution in [0.15, 0.2) is 42.9 Å². The molecule has 1 N–H and O–H groups in total. The minimum absolute atomic E-state index is 0.509. The summed E-state index contributed by atoms with van der Waals surface area (Å²) in [5.41, 5.74) is 2.96. The van der Waals surface area contributed by atoms with Crippen molar-refractivity contribution < 1.29 is 4.74 Å². The fourth-order valence-electron chi connectivity index (χ4n) is 2.27. The Morgan fingerprint density at radius 2 is 2.27 bits per heavy atom. The molecular weight excluding hydrogens is 298 g/mol. The van der Waals surface area contributed by atoms with Crippen LogP contribution < -0.4 is 4.74 Å². The average Bonchev–Trinajstić information content (AvgIpc) is 2.97. The van der Waals surface area contributed by atoms with Crippen molar-refractivity contribution in [3.63, 3.8) is 0 Å². The van der Waals surface area contributed by atoms with Gasteiger partial charge in [0.05, 0.1) is 23.8 Å². The molecule has 0 amide bonds. The lowest BCUT2D eigenvalue weighted by molar-refractivity contribution is 0.415. The molecular formula is C17H12ClN3O. The minimum atomic E-state index is 0.509. The van der Waals surface area contributed by atoms with Gasteiger partial charge in [0.2, 0.25) is 0 Å². The summed E-state index contributed by atoms with van der Waals surface area (Å²) in [6.45, 7) is 0. The number of hydrogen-bond donors (Lipinski definition) is 1. The highest BCUT2D eigenvalue weighted by molar-refractivity contribution is 6.32. The maximum absolute atomic E-state index is 9.51. The van der Waals surface area contributed by atoms with E-state index in [9.17, 15) is 5.26 Å². The molecule has 0 aliphatic carbocycles. The Kier molecular flexibility index (Phi) is 3.82. The second-order valence-corrected chi connectivity index (χ2v) is 5.09. The van der Waals surface area contributed by atoms with Gasteiger partial charge in [0.1, 0.15) is 5.75 Å². The fraction of sp³-hybridized carbons (Fsp3) is 0.0588. The van der Waals surface area contributed by atoms with E-state index < -0.39 is 0 Å². The van der Waals surface area contributed by atoms with Gasteiger partial charge in [0.15, 0.2) is 0 Å². The number of nitrogens with zero attached hydrogens (tertiary/aromatic N) is 2. The molecule has 0 atom stereocenters. The van der Waals surface area contributed by atoms with Crippen LogP contribution in [-0.4, -0.2) is 17.1 Å². The number of fused-ring (bicyclic) bond motifs is 1. The quantitative estimate of drug-likeness (QED) is 0.734. The first-order valence-electron chi connectivity index (χ1n) is 6.59. The summed E-state index contributed by atoms with van der Waals surface area (Å²) in [6.07, 6.45) is 6.79. The number of H-pyrrole nitrogens is 1. The molecule has 1 aromatic carbocycles. The predicted octanol–water partition coefficient (Wildman–Crippen LogP) is 4.29. The Morgan fingerprint density at radius 1 is 1.41 bits per heavy atom. The van der Waals surface area contributed by atoms with E-state index in [0.29, 0.717) is 16.2 Å². The highest BCUT2D eigenvalue weighted by atomic mass is 35.5. The molecule has 2 aromatic heterocycles. The molecule has 0 saturated heterocycles. The first-order chi connectivity index (χ1) is 10.7. The molecule has 3 aromatic rings. The molecule has 0 saturated carbocycles. The van der Waals surface area contributed by atoms with Crippen LogP contribution in [0.4, 0.5) is 0 Å². The van der Waals surface area contributed by atoms with Gasteiger partial charge in [-0.25, -0.2) is 0 Å². The average molecular weight is 310 g/mol. The van der Waals surface area contributed by atoms with E-state index in [4.69, 9.17) is 16.3 Å². The third-order valence-electron chi connectivity index (χ3n) is 3.40. The highest BCUT2D eigenvalue weighted by Crippen LogP contribution is 2.30. The van der Waals surface area contributed by atoms with Crippen molar-refractivity contribution in [3.05, 3.63) is 59.0 Å². The smallest absolute Gasteiger partial charge is 0.119 e. The van der Waals surface area contributed by atoms with Crippen LogP contribution >= 0.6 is 11.6 Å².